The summed E-state index contributed by atoms with van der Waals surface area (Å²) in [5, 5.41) is 0. The van der Waals surface area contributed by atoms with Gasteiger partial charge in [-0.3, -0.25) is 14.6 Å². The summed E-state index contributed by atoms with van der Waals surface area (Å²) in [4.78, 5) is 31.9. The zero-order valence-corrected chi connectivity index (χ0v) is 14.6. The van der Waals surface area contributed by atoms with Crippen molar-refractivity contribution < 1.29 is 19.1 Å². The highest BCUT2D eigenvalue weighted by Gasteiger charge is 2.40. The maximum atomic E-state index is 12.5. The molecule has 136 valence electrons. The quantitative estimate of drug-likeness (QED) is 0.800. The molecule has 3 rings (SSSR count). The van der Waals surface area contributed by atoms with E-state index < -0.39 is 5.79 Å². The van der Waals surface area contributed by atoms with Gasteiger partial charge in [0.05, 0.1) is 13.2 Å². The molecule has 1 spiro atoms. The van der Waals surface area contributed by atoms with Crippen LogP contribution in [-0.4, -0.2) is 65.2 Å². The van der Waals surface area contributed by atoms with Gasteiger partial charge in [0.1, 0.15) is 0 Å². The second-order valence-electron chi connectivity index (χ2n) is 6.54. The summed E-state index contributed by atoms with van der Waals surface area (Å²) >= 11 is 0. The Morgan fingerprint density at radius 1 is 1.28 bits per heavy atom. The van der Waals surface area contributed by atoms with Crippen LogP contribution in [0.2, 0.25) is 0 Å². The molecule has 7 heteroatoms. The number of rotatable bonds is 5. The van der Waals surface area contributed by atoms with Gasteiger partial charge in [0.15, 0.2) is 5.79 Å². The molecule has 0 radical (unpaired) electrons. The van der Waals surface area contributed by atoms with Gasteiger partial charge < -0.3 is 19.3 Å². The summed E-state index contributed by atoms with van der Waals surface area (Å²) in [6, 6.07) is 3.77. The summed E-state index contributed by atoms with van der Waals surface area (Å²) in [6.45, 7) is 4.97. The lowest BCUT2D eigenvalue weighted by Crippen LogP contribution is -2.47. The van der Waals surface area contributed by atoms with Gasteiger partial charge in [0.2, 0.25) is 11.8 Å². The topological polar surface area (TPSA) is 72.0 Å². The average Bonchev–Trinajstić information content (AvgIpc) is 3.07. The summed E-state index contributed by atoms with van der Waals surface area (Å²) in [7, 11) is 0. The molecule has 2 aliphatic heterocycles. The van der Waals surface area contributed by atoms with Crippen LogP contribution in [-0.2, 0) is 25.6 Å². The number of carbonyl (C=O) groups is 2. The summed E-state index contributed by atoms with van der Waals surface area (Å²) in [5.74, 6) is -0.435. The molecular weight excluding hydrogens is 322 g/mol. The maximum Gasteiger partial charge on any atom is 0.224 e. The van der Waals surface area contributed by atoms with E-state index in [1.54, 1.807) is 17.3 Å². The number of amides is 2. The first-order valence-electron chi connectivity index (χ1n) is 8.78. The molecule has 3 heterocycles. The fraction of sp³-hybridized carbons (Fsp3) is 0.611. The molecule has 0 atom stereocenters. The lowest BCUT2D eigenvalue weighted by molar-refractivity contribution is -0.187. The van der Waals surface area contributed by atoms with E-state index in [-0.39, 0.29) is 11.8 Å². The van der Waals surface area contributed by atoms with Crippen LogP contribution in [0.15, 0.2) is 24.5 Å². The minimum absolute atomic E-state index is 0.0398. The normalized spacial score (nSPS) is 19.2. The van der Waals surface area contributed by atoms with Gasteiger partial charge in [0.25, 0.3) is 0 Å². The Hall–Kier alpha value is -1.99. The van der Waals surface area contributed by atoms with Crippen molar-refractivity contribution in [2.24, 2.45) is 0 Å². The predicted octanol–water partition coefficient (Wildman–Crippen LogP) is 1.19. The minimum atomic E-state index is -0.470. The van der Waals surface area contributed by atoms with E-state index in [9.17, 15) is 9.59 Å². The molecule has 25 heavy (non-hydrogen) atoms. The molecule has 1 aromatic heterocycles. The first-order valence-corrected chi connectivity index (χ1v) is 8.78. The van der Waals surface area contributed by atoms with Crippen molar-refractivity contribution in [1.82, 2.24) is 14.8 Å². The highest BCUT2D eigenvalue weighted by atomic mass is 16.7. The SMILES string of the molecule is CC(=O)N(CCC(=O)N1CCC2(CC1)OCCO2)Cc1cccnc1. The fourth-order valence-electron chi connectivity index (χ4n) is 3.33. The van der Waals surface area contributed by atoms with Crippen molar-refractivity contribution in [3.63, 3.8) is 0 Å². The number of pyridine rings is 1. The van der Waals surface area contributed by atoms with E-state index in [0.717, 1.165) is 5.56 Å². The molecule has 2 amide bonds. The van der Waals surface area contributed by atoms with E-state index in [1.165, 1.54) is 6.92 Å². The van der Waals surface area contributed by atoms with Crippen molar-refractivity contribution in [3.8, 4) is 0 Å². The van der Waals surface area contributed by atoms with Gasteiger partial charge in [-0.25, -0.2) is 0 Å². The Balaban J connectivity index is 1.47. The van der Waals surface area contributed by atoms with E-state index in [0.29, 0.717) is 58.7 Å². The number of nitrogens with zero attached hydrogens (tertiary/aromatic N) is 3. The molecule has 0 bridgehead atoms. The third-order valence-electron chi connectivity index (χ3n) is 4.83. The first kappa shape index (κ1) is 17.8. The standard InChI is InChI=1S/C18H25N3O4/c1-15(22)21(14-16-3-2-7-19-13-16)8-4-17(23)20-9-5-18(6-10-20)24-11-12-25-18/h2-3,7,13H,4-6,8-12,14H2,1H3. The molecular formula is C18H25N3O4. The highest BCUT2D eigenvalue weighted by molar-refractivity contribution is 5.78. The van der Waals surface area contributed by atoms with Gasteiger partial charge in [-0.1, -0.05) is 6.07 Å². The molecule has 1 aromatic rings. The number of hydrogen-bond donors (Lipinski definition) is 0. The molecule has 0 unspecified atom stereocenters. The van der Waals surface area contributed by atoms with E-state index >= 15 is 0 Å². The summed E-state index contributed by atoms with van der Waals surface area (Å²) in [5.41, 5.74) is 0.959. The second kappa shape index (κ2) is 7.93. The third kappa shape index (κ3) is 4.55. The molecule has 7 nitrogen and oxygen atoms in total. The number of hydrogen-bond acceptors (Lipinski definition) is 5. The van der Waals surface area contributed by atoms with Crippen molar-refractivity contribution >= 4 is 11.8 Å². The van der Waals surface area contributed by atoms with Crippen LogP contribution in [0.1, 0.15) is 31.7 Å². The maximum absolute atomic E-state index is 12.5. The zero-order chi connectivity index (χ0) is 17.7. The Bertz CT molecular complexity index is 592. The van der Waals surface area contributed by atoms with E-state index in [4.69, 9.17) is 9.47 Å². The second-order valence-corrected chi connectivity index (χ2v) is 6.54. The fourth-order valence-corrected chi connectivity index (χ4v) is 3.33. The lowest BCUT2D eigenvalue weighted by atomic mass is 10.0. The van der Waals surface area contributed by atoms with Crippen LogP contribution in [0.25, 0.3) is 0 Å². The van der Waals surface area contributed by atoms with Crippen molar-refractivity contribution in [2.45, 2.75) is 38.5 Å². The van der Waals surface area contributed by atoms with Crippen LogP contribution in [0.3, 0.4) is 0 Å². The highest BCUT2D eigenvalue weighted by Crippen LogP contribution is 2.31. The zero-order valence-electron chi connectivity index (χ0n) is 14.6. The average molecular weight is 347 g/mol. The molecule has 0 aromatic carbocycles. The van der Waals surface area contributed by atoms with Crippen molar-refractivity contribution in [3.05, 3.63) is 30.1 Å². The van der Waals surface area contributed by atoms with Crippen LogP contribution in [0.5, 0.6) is 0 Å². The molecule has 0 N–H and O–H groups in total. The molecule has 0 aliphatic carbocycles. The Morgan fingerprint density at radius 3 is 2.60 bits per heavy atom. The van der Waals surface area contributed by atoms with Crippen LogP contribution >= 0.6 is 0 Å². The monoisotopic (exact) mass is 347 g/mol. The van der Waals surface area contributed by atoms with Gasteiger partial charge in [-0.15, -0.1) is 0 Å². The Labute approximate surface area is 147 Å². The first-order chi connectivity index (χ1) is 12.1. The van der Waals surface area contributed by atoms with Gasteiger partial charge in [-0.2, -0.15) is 0 Å². The number of aromatic nitrogens is 1. The number of ether oxygens (including phenoxy) is 2. The smallest absolute Gasteiger partial charge is 0.224 e. The Morgan fingerprint density at radius 2 is 2.00 bits per heavy atom. The van der Waals surface area contributed by atoms with Crippen LogP contribution in [0, 0.1) is 0 Å². The van der Waals surface area contributed by atoms with Gasteiger partial charge in [0, 0.05) is 64.8 Å². The number of carbonyl (C=O) groups excluding carboxylic acids is 2. The van der Waals surface area contributed by atoms with Crippen LogP contribution < -0.4 is 0 Å². The summed E-state index contributed by atoms with van der Waals surface area (Å²) < 4.78 is 11.4. The van der Waals surface area contributed by atoms with Crippen molar-refractivity contribution in [2.75, 3.05) is 32.8 Å². The van der Waals surface area contributed by atoms with Crippen LogP contribution in [0.4, 0.5) is 0 Å². The predicted molar refractivity (Wildman–Crippen MR) is 90.4 cm³/mol. The van der Waals surface area contributed by atoms with E-state index in [2.05, 4.69) is 4.98 Å². The largest absolute Gasteiger partial charge is 0.347 e. The van der Waals surface area contributed by atoms with Gasteiger partial charge in [-0.05, 0) is 11.6 Å². The summed E-state index contributed by atoms with van der Waals surface area (Å²) in [6.07, 6.45) is 5.19. The third-order valence-corrected chi connectivity index (χ3v) is 4.83. The van der Waals surface area contributed by atoms with Crippen molar-refractivity contribution in [1.29, 1.82) is 0 Å². The Kier molecular flexibility index (Phi) is 5.65. The molecule has 0 saturated carbocycles. The molecule has 2 aliphatic rings. The number of likely N-dealkylation sites (tertiary alicyclic amines) is 1. The molecule has 2 saturated heterocycles. The number of piperidine rings is 1. The minimum Gasteiger partial charge on any atom is -0.347 e. The molecule has 2 fully saturated rings. The lowest BCUT2D eigenvalue weighted by Gasteiger charge is -2.37. The van der Waals surface area contributed by atoms with Gasteiger partial charge >= 0.3 is 0 Å². The van der Waals surface area contributed by atoms with E-state index in [1.807, 2.05) is 17.0 Å².